The molecule has 2 aliphatic rings. The van der Waals surface area contributed by atoms with Crippen molar-refractivity contribution in [2.45, 2.75) is 57.0 Å². The Bertz CT molecular complexity index is 509. The zero-order valence-electron chi connectivity index (χ0n) is 14.0. The van der Waals surface area contributed by atoms with Crippen LogP contribution >= 0.6 is 11.3 Å². The zero-order valence-corrected chi connectivity index (χ0v) is 14.8. The largest absolute Gasteiger partial charge is 0.393 e. The fourth-order valence-electron chi connectivity index (χ4n) is 4.04. The SMILES string of the molecule is C[C@H](O)[C@@H]1CCN(C(=O)NCC2(c3cccs3)CCCCC2)C1. The van der Waals surface area contributed by atoms with E-state index in [1.807, 2.05) is 23.2 Å². The number of hydrogen-bond donors (Lipinski definition) is 2. The highest BCUT2D eigenvalue weighted by molar-refractivity contribution is 7.10. The predicted octanol–water partition coefficient (Wildman–Crippen LogP) is 3.36. The van der Waals surface area contributed by atoms with E-state index < -0.39 is 0 Å². The van der Waals surface area contributed by atoms with Crippen molar-refractivity contribution in [2.75, 3.05) is 19.6 Å². The van der Waals surface area contributed by atoms with Crippen LogP contribution in [0, 0.1) is 5.92 Å². The number of urea groups is 1. The van der Waals surface area contributed by atoms with Gasteiger partial charge in [-0.1, -0.05) is 25.3 Å². The molecule has 0 unspecified atom stereocenters. The molecule has 23 heavy (non-hydrogen) atoms. The van der Waals surface area contributed by atoms with E-state index in [9.17, 15) is 9.90 Å². The summed E-state index contributed by atoms with van der Waals surface area (Å²) in [6.45, 7) is 3.99. The Morgan fingerprint density at radius 3 is 2.87 bits per heavy atom. The van der Waals surface area contributed by atoms with Gasteiger partial charge in [-0.3, -0.25) is 0 Å². The molecule has 0 spiro atoms. The first-order valence-electron chi connectivity index (χ1n) is 8.85. The second-order valence-corrected chi connectivity index (χ2v) is 8.16. The standard InChI is InChI=1S/C18H28N2O2S/c1-14(21)15-7-10-20(12-15)17(22)19-13-18(8-3-2-4-9-18)16-6-5-11-23-16/h5-6,11,14-15,21H,2-4,7-10,12-13H2,1H3,(H,19,22)/t14-,15+/m0/s1. The third-order valence-corrected chi connectivity index (χ3v) is 6.74. The molecule has 5 heteroatoms. The number of carbonyl (C=O) groups excluding carboxylic acids is 1. The lowest BCUT2D eigenvalue weighted by atomic mass is 9.73. The number of aliphatic hydroxyl groups excluding tert-OH is 1. The van der Waals surface area contributed by atoms with Crippen molar-refractivity contribution in [3.63, 3.8) is 0 Å². The highest BCUT2D eigenvalue weighted by Crippen LogP contribution is 2.41. The number of aliphatic hydroxyl groups is 1. The summed E-state index contributed by atoms with van der Waals surface area (Å²) < 4.78 is 0. The minimum absolute atomic E-state index is 0.0367. The van der Waals surface area contributed by atoms with E-state index in [0.717, 1.165) is 19.5 Å². The van der Waals surface area contributed by atoms with Gasteiger partial charge in [0.25, 0.3) is 0 Å². The van der Waals surface area contributed by atoms with Crippen molar-refractivity contribution < 1.29 is 9.90 Å². The van der Waals surface area contributed by atoms with Gasteiger partial charge < -0.3 is 15.3 Å². The molecule has 0 radical (unpaired) electrons. The fraction of sp³-hybridized carbons (Fsp3) is 0.722. The maximum atomic E-state index is 12.5. The molecule has 0 bridgehead atoms. The summed E-state index contributed by atoms with van der Waals surface area (Å²) >= 11 is 1.82. The van der Waals surface area contributed by atoms with Crippen LogP contribution in [0.1, 0.15) is 50.3 Å². The fourth-order valence-corrected chi connectivity index (χ4v) is 5.03. The van der Waals surface area contributed by atoms with Crippen molar-refractivity contribution in [3.05, 3.63) is 22.4 Å². The van der Waals surface area contributed by atoms with E-state index in [-0.39, 0.29) is 23.5 Å². The first-order chi connectivity index (χ1) is 11.1. The number of amides is 2. The van der Waals surface area contributed by atoms with Gasteiger partial charge in [0.1, 0.15) is 0 Å². The number of nitrogens with zero attached hydrogens (tertiary/aromatic N) is 1. The highest BCUT2D eigenvalue weighted by atomic mass is 32.1. The van der Waals surface area contributed by atoms with E-state index in [1.54, 1.807) is 0 Å². The molecule has 1 saturated carbocycles. The summed E-state index contributed by atoms with van der Waals surface area (Å²) in [5.74, 6) is 0.224. The van der Waals surface area contributed by atoms with Crippen LogP contribution < -0.4 is 5.32 Å². The van der Waals surface area contributed by atoms with E-state index >= 15 is 0 Å². The summed E-state index contributed by atoms with van der Waals surface area (Å²) in [6.07, 6.45) is 6.73. The lowest BCUT2D eigenvalue weighted by Crippen LogP contribution is -2.46. The molecule has 3 rings (SSSR count). The molecular weight excluding hydrogens is 308 g/mol. The molecule has 1 aromatic rings. The molecule has 4 nitrogen and oxygen atoms in total. The maximum Gasteiger partial charge on any atom is 0.317 e. The summed E-state index contributed by atoms with van der Waals surface area (Å²) in [6, 6.07) is 4.38. The Balaban J connectivity index is 1.60. The predicted molar refractivity (Wildman–Crippen MR) is 93.8 cm³/mol. The van der Waals surface area contributed by atoms with Crippen molar-refractivity contribution in [1.82, 2.24) is 10.2 Å². The minimum Gasteiger partial charge on any atom is -0.393 e. The Morgan fingerprint density at radius 1 is 1.48 bits per heavy atom. The number of rotatable bonds is 4. The third kappa shape index (κ3) is 3.72. The molecule has 2 N–H and O–H groups in total. The molecule has 1 aliphatic carbocycles. The van der Waals surface area contributed by atoms with Crippen molar-refractivity contribution in [1.29, 1.82) is 0 Å². The molecule has 1 aromatic heterocycles. The second kappa shape index (κ2) is 7.22. The van der Waals surface area contributed by atoms with Gasteiger partial charge in [0, 0.05) is 35.8 Å². The summed E-state index contributed by atoms with van der Waals surface area (Å²) in [5.41, 5.74) is 0.130. The first-order valence-corrected chi connectivity index (χ1v) is 9.73. The normalized spacial score (nSPS) is 25.3. The van der Waals surface area contributed by atoms with E-state index in [0.29, 0.717) is 6.54 Å². The molecule has 2 atom stereocenters. The van der Waals surface area contributed by atoms with Gasteiger partial charge >= 0.3 is 6.03 Å². The molecule has 1 aliphatic heterocycles. The monoisotopic (exact) mass is 336 g/mol. The first kappa shape index (κ1) is 16.8. The lowest BCUT2D eigenvalue weighted by Gasteiger charge is -2.37. The van der Waals surface area contributed by atoms with Gasteiger partial charge in [-0.2, -0.15) is 0 Å². The van der Waals surface area contributed by atoms with Gasteiger partial charge in [-0.15, -0.1) is 11.3 Å². The van der Waals surface area contributed by atoms with Gasteiger partial charge in [0.05, 0.1) is 6.10 Å². The summed E-state index contributed by atoms with van der Waals surface area (Å²) in [7, 11) is 0. The van der Waals surface area contributed by atoms with Crippen LogP contribution in [0.5, 0.6) is 0 Å². The van der Waals surface area contributed by atoms with Crippen LogP contribution in [0.25, 0.3) is 0 Å². The van der Waals surface area contributed by atoms with Crippen LogP contribution in [0.3, 0.4) is 0 Å². The van der Waals surface area contributed by atoms with Crippen LogP contribution in [-0.4, -0.2) is 41.8 Å². The van der Waals surface area contributed by atoms with Crippen LogP contribution in [0.4, 0.5) is 4.79 Å². The Labute approximate surface area is 142 Å². The molecule has 1 saturated heterocycles. The Morgan fingerprint density at radius 2 is 2.26 bits per heavy atom. The highest BCUT2D eigenvalue weighted by Gasteiger charge is 2.36. The van der Waals surface area contributed by atoms with Crippen LogP contribution in [0.15, 0.2) is 17.5 Å². The number of hydrogen-bond acceptors (Lipinski definition) is 3. The smallest absolute Gasteiger partial charge is 0.317 e. The number of thiophene rings is 1. The third-order valence-electron chi connectivity index (χ3n) is 5.63. The van der Waals surface area contributed by atoms with Gasteiger partial charge in [0.15, 0.2) is 0 Å². The van der Waals surface area contributed by atoms with Crippen molar-refractivity contribution in [3.8, 4) is 0 Å². The molecule has 128 valence electrons. The van der Waals surface area contributed by atoms with Crippen molar-refractivity contribution in [2.24, 2.45) is 5.92 Å². The van der Waals surface area contributed by atoms with Crippen LogP contribution in [-0.2, 0) is 5.41 Å². The second-order valence-electron chi connectivity index (χ2n) is 7.21. The molecule has 0 aromatic carbocycles. The van der Waals surface area contributed by atoms with Crippen LogP contribution in [0.2, 0.25) is 0 Å². The number of likely N-dealkylation sites (tertiary alicyclic amines) is 1. The van der Waals surface area contributed by atoms with Gasteiger partial charge in [0.2, 0.25) is 0 Å². The number of nitrogens with one attached hydrogen (secondary N) is 1. The average molecular weight is 337 g/mol. The molecule has 2 heterocycles. The van der Waals surface area contributed by atoms with Gasteiger partial charge in [-0.05, 0) is 37.6 Å². The summed E-state index contributed by atoms with van der Waals surface area (Å²) in [4.78, 5) is 15.8. The molecule has 2 fully saturated rings. The Kier molecular flexibility index (Phi) is 5.27. The number of carbonyl (C=O) groups is 1. The van der Waals surface area contributed by atoms with E-state index in [1.165, 1.54) is 37.0 Å². The minimum atomic E-state index is -0.330. The lowest BCUT2D eigenvalue weighted by molar-refractivity contribution is 0.129. The van der Waals surface area contributed by atoms with Crippen molar-refractivity contribution >= 4 is 17.4 Å². The topological polar surface area (TPSA) is 52.6 Å². The molecule has 2 amide bonds. The zero-order chi connectivity index (χ0) is 16.3. The maximum absolute atomic E-state index is 12.5. The quantitative estimate of drug-likeness (QED) is 0.886. The Hall–Kier alpha value is -1.07. The van der Waals surface area contributed by atoms with E-state index in [2.05, 4.69) is 22.8 Å². The average Bonchev–Trinajstić information content (AvgIpc) is 3.25. The van der Waals surface area contributed by atoms with Gasteiger partial charge in [-0.25, -0.2) is 4.79 Å². The summed E-state index contributed by atoms with van der Waals surface area (Å²) in [5, 5.41) is 15.0. The van der Waals surface area contributed by atoms with E-state index in [4.69, 9.17) is 0 Å². The molecular formula is C18H28N2O2S.